The fraction of sp³-hybridized carbons (Fsp3) is 0.391. The molecule has 0 bridgehead atoms. The summed E-state index contributed by atoms with van der Waals surface area (Å²) in [5.41, 5.74) is 1.66. The quantitative estimate of drug-likeness (QED) is 0.819. The van der Waals surface area contributed by atoms with Crippen LogP contribution >= 0.6 is 0 Å². The van der Waals surface area contributed by atoms with Crippen molar-refractivity contribution in [1.82, 2.24) is 15.1 Å². The van der Waals surface area contributed by atoms with Crippen molar-refractivity contribution in [2.45, 2.75) is 18.9 Å². The standard InChI is InChI=1S/C23H26FN3O3/c24-19-8-6-17(7-9-19)23(29)27-11-3-10-26(12-13-27)16-22(28)25-15-20-14-18-4-1-2-5-21(18)30-20/h1-2,4-9,20H,3,10-16H2,(H,25,28). The molecule has 1 unspecified atom stereocenters. The van der Waals surface area contributed by atoms with E-state index in [0.29, 0.717) is 38.3 Å². The smallest absolute Gasteiger partial charge is 0.253 e. The first-order valence-corrected chi connectivity index (χ1v) is 10.4. The lowest BCUT2D eigenvalue weighted by atomic mass is 10.1. The van der Waals surface area contributed by atoms with E-state index < -0.39 is 0 Å². The van der Waals surface area contributed by atoms with Gasteiger partial charge in [-0.05, 0) is 42.3 Å². The highest BCUT2D eigenvalue weighted by Gasteiger charge is 2.24. The van der Waals surface area contributed by atoms with Gasteiger partial charge in [-0.2, -0.15) is 0 Å². The molecule has 1 fully saturated rings. The number of benzene rings is 2. The molecule has 2 amide bonds. The molecule has 4 rings (SSSR count). The highest BCUT2D eigenvalue weighted by molar-refractivity contribution is 5.94. The van der Waals surface area contributed by atoms with Gasteiger partial charge in [0.15, 0.2) is 0 Å². The molecule has 2 aromatic carbocycles. The number of fused-ring (bicyclic) bond motifs is 1. The van der Waals surface area contributed by atoms with Gasteiger partial charge in [0.05, 0.1) is 13.1 Å². The van der Waals surface area contributed by atoms with Gasteiger partial charge in [0.2, 0.25) is 5.91 Å². The number of carbonyl (C=O) groups excluding carboxylic acids is 2. The highest BCUT2D eigenvalue weighted by Crippen LogP contribution is 2.27. The van der Waals surface area contributed by atoms with Gasteiger partial charge in [-0.3, -0.25) is 14.5 Å². The summed E-state index contributed by atoms with van der Waals surface area (Å²) in [4.78, 5) is 28.9. The van der Waals surface area contributed by atoms with Gasteiger partial charge < -0.3 is 15.0 Å². The minimum atomic E-state index is -0.355. The van der Waals surface area contributed by atoms with Crippen LogP contribution in [0.2, 0.25) is 0 Å². The van der Waals surface area contributed by atoms with Crippen molar-refractivity contribution in [3.63, 3.8) is 0 Å². The molecule has 0 radical (unpaired) electrons. The second kappa shape index (κ2) is 9.26. The Morgan fingerprint density at radius 1 is 1.03 bits per heavy atom. The van der Waals surface area contributed by atoms with Gasteiger partial charge in [-0.15, -0.1) is 0 Å². The number of hydrogen-bond acceptors (Lipinski definition) is 4. The first kappa shape index (κ1) is 20.3. The normalized spacial score (nSPS) is 19.0. The largest absolute Gasteiger partial charge is 0.488 e. The van der Waals surface area contributed by atoms with E-state index in [1.165, 1.54) is 29.8 Å². The van der Waals surface area contributed by atoms with Gasteiger partial charge in [-0.1, -0.05) is 18.2 Å². The minimum absolute atomic E-state index is 0.0284. The number of para-hydroxylation sites is 1. The molecule has 30 heavy (non-hydrogen) atoms. The lowest BCUT2D eigenvalue weighted by Gasteiger charge is -2.22. The SMILES string of the molecule is O=C(CN1CCCN(C(=O)c2ccc(F)cc2)CC1)NCC1Cc2ccccc2O1. The Labute approximate surface area is 175 Å². The van der Waals surface area contributed by atoms with Crippen molar-refractivity contribution < 1.29 is 18.7 Å². The van der Waals surface area contributed by atoms with Crippen molar-refractivity contribution in [3.8, 4) is 5.75 Å². The summed E-state index contributed by atoms with van der Waals surface area (Å²) in [7, 11) is 0. The molecule has 1 N–H and O–H groups in total. The monoisotopic (exact) mass is 411 g/mol. The number of nitrogens with zero attached hydrogens (tertiary/aromatic N) is 2. The molecule has 0 saturated carbocycles. The number of carbonyl (C=O) groups is 2. The van der Waals surface area contributed by atoms with Crippen molar-refractivity contribution >= 4 is 11.8 Å². The van der Waals surface area contributed by atoms with E-state index in [1.54, 1.807) is 4.90 Å². The van der Waals surface area contributed by atoms with Crippen LogP contribution in [0.25, 0.3) is 0 Å². The minimum Gasteiger partial charge on any atom is -0.488 e. The van der Waals surface area contributed by atoms with E-state index in [2.05, 4.69) is 10.2 Å². The molecular weight excluding hydrogens is 385 g/mol. The number of rotatable bonds is 5. The van der Waals surface area contributed by atoms with Crippen LogP contribution in [-0.2, 0) is 11.2 Å². The second-order valence-corrected chi connectivity index (χ2v) is 7.78. The van der Waals surface area contributed by atoms with Gasteiger partial charge in [0.25, 0.3) is 5.91 Å². The maximum Gasteiger partial charge on any atom is 0.253 e. The molecule has 158 valence electrons. The summed E-state index contributed by atoms with van der Waals surface area (Å²) >= 11 is 0. The number of amides is 2. The Morgan fingerprint density at radius 2 is 1.83 bits per heavy atom. The fourth-order valence-corrected chi connectivity index (χ4v) is 3.96. The molecule has 0 spiro atoms. The molecule has 2 aliphatic heterocycles. The maximum atomic E-state index is 13.1. The number of halogens is 1. The van der Waals surface area contributed by atoms with Crippen LogP contribution in [0.5, 0.6) is 5.75 Å². The van der Waals surface area contributed by atoms with E-state index in [1.807, 2.05) is 24.3 Å². The second-order valence-electron chi connectivity index (χ2n) is 7.78. The average molecular weight is 411 g/mol. The van der Waals surface area contributed by atoms with Gasteiger partial charge in [-0.25, -0.2) is 4.39 Å². The molecule has 7 heteroatoms. The van der Waals surface area contributed by atoms with Crippen molar-refractivity contribution in [2.75, 3.05) is 39.3 Å². The molecule has 1 saturated heterocycles. The maximum absolute atomic E-state index is 13.1. The van der Waals surface area contributed by atoms with Crippen LogP contribution in [0.4, 0.5) is 4.39 Å². The van der Waals surface area contributed by atoms with Crippen LogP contribution in [0, 0.1) is 5.82 Å². The van der Waals surface area contributed by atoms with Gasteiger partial charge in [0.1, 0.15) is 17.7 Å². The van der Waals surface area contributed by atoms with E-state index in [9.17, 15) is 14.0 Å². The van der Waals surface area contributed by atoms with Crippen molar-refractivity contribution in [1.29, 1.82) is 0 Å². The first-order chi connectivity index (χ1) is 14.6. The van der Waals surface area contributed by atoms with E-state index >= 15 is 0 Å². The molecular formula is C23H26FN3O3. The first-order valence-electron chi connectivity index (χ1n) is 10.4. The topological polar surface area (TPSA) is 61.9 Å². The number of nitrogens with one attached hydrogen (secondary N) is 1. The molecule has 2 aliphatic rings. The predicted molar refractivity (Wildman–Crippen MR) is 111 cm³/mol. The third-order valence-electron chi connectivity index (χ3n) is 5.57. The third-order valence-corrected chi connectivity index (χ3v) is 5.57. The highest BCUT2D eigenvalue weighted by atomic mass is 19.1. The van der Waals surface area contributed by atoms with Crippen molar-refractivity contribution in [2.24, 2.45) is 0 Å². The summed E-state index contributed by atoms with van der Waals surface area (Å²) in [6, 6.07) is 13.6. The van der Waals surface area contributed by atoms with E-state index in [-0.39, 0.29) is 23.7 Å². The Morgan fingerprint density at radius 3 is 2.63 bits per heavy atom. The Kier molecular flexibility index (Phi) is 6.28. The molecule has 2 heterocycles. The zero-order valence-corrected chi connectivity index (χ0v) is 16.9. The summed E-state index contributed by atoms with van der Waals surface area (Å²) in [6.07, 6.45) is 1.57. The summed E-state index contributed by atoms with van der Waals surface area (Å²) < 4.78 is 18.9. The third kappa shape index (κ3) is 4.97. The Hall–Kier alpha value is -2.93. The summed E-state index contributed by atoms with van der Waals surface area (Å²) in [5.74, 6) is 0.411. The lowest BCUT2D eigenvalue weighted by Crippen LogP contribution is -2.42. The van der Waals surface area contributed by atoms with Crippen LogP contribution in [0.15, 0.2) is 48.5 Å². The Bertz CT molecular complexity index is 878. The van der Waals surface area contributed by atoms with Crippen LogP contribution in [-0.4, -0.2) is 67.0 Å². The predicted octanol–water partition coefficient (Wildman–Crippen LogP) is 2.09. The average Bonchev–Trinajstić information content (AvgIpc) is 3.03. The molecule has 2 aromatic rings. The van der Waals surface area contributed by atoms with Crippen LogP contribution in [0.3, 0.4) is 0 Å². The Balaban J connectivity index is 1.21. The lowest BCUT2D eigenvalue weighted by molar-refractivity contribution is -0.122. The zero-order valence-electron chi connectivity index (χ0n) is 16.9. The van der Waals surface area contributed by atoms with Crippen LogP contribution < -0.4 is 10.1 Å². The van der Waals surface area contributed by atoms with Gasteiger partial charge >= 0.3 is 0 Å². The van der Waals surface area contributed by atoms with Crippen LogP contribution in [0.1, 0.15) is 22.3 Å². The molecule has 6 nitrogen and oxygen atoms in total. The summed E-state index contributed by atoms with van der Waals surface area (Å²) in [5, 5.41) is 2.97. The van der Waals surface area contributed by atoms with E-state index in [0.717, 1.165) is 25.1 Å². The van der Waals surface area contributed by atoms with Crippen molar-refractivity contribution in [3.05, 3.63) is 65.5 Å². The number of ether oxygens (including phenoxy) is 1. The fourth-order valence-electron chi connectivity index (χ4n) is 3.96. The molecule has 0 aliphatic carbocycles. The molecule has 0 aromatic heterocycles. The van der Waals surface area contributed by atoms with Gasteiger partial charge in [0, 0.05) is 38.2 Å². The molecule has 1 atom stereocenters. The van der Waals surface area contributed by atoms with E-state index in [4.69, 9.17) is 4.74 Å². The number of hydrogen-bond donors (Lipinski definition) is 1. The zero-order chi connectivity index (χ0) is 20.9. The summed E-state index contributed by atoms with van der Waals surface area (Å²) in [6.45, 7) is 3.35.